The fraction of sp³-hybridized carbons (Fsp3) is 0.190. The predicted octanol–water partition coefficient (Wildman–Crippen LogP) is 3.69. The highest BCUT2D eigenvalue weighted by atomic mass is 32.2. The lowest BCUT2D eigenvalue weighted by Gasteiger charge is -2.07. The first kappa shape index (κ1) is 19.9. The summed E-state index contributed by atoms with van der Waals surface area (Å²) in [6.07, 6.45) is 1.97. The molecule has 1 aromatic heterocycles. The smallest absolute Gasteiger partial charge is 0.297 e. The summed E-state index contributed by atoms with van der Waals surface area (Å²) in [5.74, 6) is 0.136. The van der Waals surface area contributed by atoms with Crippen molar-refractivity contribution in [2.45, 2.75) is 31.5 Å². The van der Waals surface area contributed by atoms with Gasteiger partial charge in [0.2, 0.25) is 11.2 Å². The van der Waals surface area contributed by atoms with E-state index in [0.29, 0.717) is 0 Å². The minimum atomic E-state index is -3.95. The summed E-state index contributed by atoms with van der Waals surface area (Å²) in [6, 6.07) is 17.0. The highest BCUT2D eigenvalue weighted by molar-refractivity contribution is 7.86. The second kappa shape index (κ2) is 8.86. The summed E-state index contributed by atoms with van der Waals surface area (Å²) in [6.45, 7) is 1.82. The molecular formula is C21H20O6S. The third-order valence-corrected chi connectivity index (χ3v) is 5.34. The Bertz CT molecular complexity index is 1070. The zero-order valence-corrected chi connectivity index (χ0v) is 16.1. The lowest BCUT2D eigenvalue weighted by atomic mass is 10.2. The third kappa shape index (κ3) is 5.09. The molecule has 146 valence electrons. The van der Waals surface area contributed by atoms with E-state index in [1.165, 1.54) is 12.1 Å². The molecule has 0 spiro atoms. The summed E-state index contributed by atoms with van der Waals surface area (Å²) < 4.78 is 40.2. The quantitative estimate of drug-likeness (QED) is 0.537. The van der Waals surface area contributed by atoms with Gasteiger partial charge in [-0.05, 0) is 29.7 Å². The molecule has 3 rings (SSSR count). The van der Waals surface area contributed by atoms with Crippen molar-refractivity contribution in [2.75, 3.05) is 0 Å². The molecule has 0 fully saturated rings. The van der Waals surface area contributed by atoms with Crippen LogP contribution in [0.25, 0.3) is 0 Å². The molecule has 0 aliphatic carbocycles. The van der Waals surface area contributed by atoms with Gasteiger partial charge >= 0.3 is 0 Å². The lowest BCUT2D eigenvalue weighted by Crippen LogP contribution is -2.10. The van der Waals surface area contributed by atoms with Crippen LogP contribution in [0, 0.1) is 0 Å². The van der Waals surface area contributed by atoms with Crippen LogP contribution in [0.5, 0.6) is 5.75 Å². The van der Waals surface area contributed by atoms with Gasteiger partial charge in [-0.1, -0.05) is 49.4 Å². The van der Waals surface area contributed by atoms with Crippen LogP contribution in [0.2, 0.25) is 0 Å². The largest absolute Gasteiger partial charge is 0.482 e. The molecule has 0 atom stereocenters. The Morgan fingerprint density at radius 2 is 1.64 bits per heavy atom. The minimum absolute atomic E-state index is 0.0469. The van der Waals surface area contributed by atoms with Crippen molar-refractivity contribution in [3.05, 3.63) is 94.0 Å². The molecule has 0 saturated carbocycles. The number of hydrogen-bond acceptors (Lipinski definition) is 6. The summed E-state index contributed by atoms with van der Waals surface area (Å²) in [4.78, 5) is 12.2. The second-order valence-electron chi connectivity index (χ2n) is 6.06. The molecule has 0 N–H and O–H groups in total. The molecule has 0 radical (unpaired) electrons. The van der Waals surface area contributed by atoms with Crippen LogP contribution in [0.1, 0.15) is 23.8 Å². The molecule has 2 aromatic carbocycles. The van der Waals surface area contributed by atoms with Gasteiger partial charge in [0.05, 0.1) is 4.90 Å². The molecule has 28 heavy (non-hydrogen) atoms. The van der Waals surface area contributed by atoms with E-state index in [2.05, 4.69) is 0 Å². The van der Waals surface area contributed by atoms with Crippen LogP contribution in [0.15, 0.2) is 81.0 Å². The molecule has 0 saturated heterocycles. The normalized spacial score (nSPS) is 11.3. The Morgan fingerprint density at radius 1 is 0.929 bits per heavy atom. The van der Waals surface area contributed by atoms with Crippen molar-refractivity contribution in [1.82, 2.24) is 0 Å². The van der Waals surface area contributed by atoms with Gasteiger partial charge in [-0.3, -0.25) is 8.98 Å². The van der Waals surface area contributed by atoms with Gasteiger partial charge in [0.15, 0.2) is 0 Å². The van der Waals surface area contributed by atoms with Crippen LogP contribution in [-0.4, -0.2) is 8.42 Å². The molecule has 0 aliphatic rings. The van der Waals surface area contributed by atoms with Crippen molar-refractivity contribution >= 4 is 10.1 Å². The van der Waals surface area contributed by atoms with E-state index < -0.39 is 15.5 Å². The van der Waals surface area contributed by atoms with Gasteiger partial charge in [-0.15, -0.1) is 0 Å². The number of aryl methyl sites for hydroxylation is 1. The summed E-state index contributed by atoms with van der Waals surface area (Å²) in [5, 5.41) is 0. The van der Waals surface area contributed by atoms with Crippen LogP contribution >= 0.6 is 0 Å². The zero-order chi connectivity index (χ0) is 20.0. The minimum Gasteiger partial charge on any atom is -0.482 e. The number of rotatable bonds is 8. The molecule has 0 aliphatic heterocycles. The van der Waals surface area contributed by atoms with Crippen molar-refractivity contribution in [3.63, 3.8) is 0 Å². The van der Waals surface area contributed by atoms with Crippen LogP contribution in [0.3, 0.4) is 0 Å². The van der Waals surface area contributed by atoms with Gasteiger partial charge in [-0.2, -0.15) is 8.42 Å². The standard InChI is InChI=1S/C21H20O6S/c1-2-16-8-10-19(11-9-16)28(23,24)27-14-18-12-20(22)21(15-25-18)26-13-17-6-4-3-5-7-17/h3-12,15H,2,13-14H2,1H3. The maximum Gasteiger partial charge on any atom is 0.297 e. The lowest BCUT2D eigenvalue weighted by molar-refractivity contribution is 0.257. The summed E-state index contributed by atoms with van der Waals surface area (Å²) >= 11 is 0. The average molecular weight is 400 g/mol. The van der Waals surface area contributed by atoms with Gasteiger partial charge < -0.3 is 9.15 Å². The topological polar surface area (TPSA) is 82.8 Å². The van der Waals surface area contributed by atoms with Crippen LogP contribution in [-0.2, 0) is 33.9 Å². The molecule has 1 heterocycles. The van der Waals surface area contributed by atoms with E-state index in [9.17, 15) is 13.2 Å². The van der Waals surface area contributed by atoms with E-state index in [4.69, 9.17) is 13.3 Å². The van der Waals surface area contributed by atoms with Crippen molar-refractivity contribution in [2.24, 2.45) is 0 Å². The monoisotopic (exact) mass is 400 g/mol. The maximum atomic E-state index is 12.2. The Hall–Kier alpha value is -2.90. The second-order valence-corrected chi connectivity index (χ2v) is 7.68. The van der Waals surface area contributed by atoms with Crippen LogP contribution in [0.4, 0.5) is 0 Å². The summed E-state index contributed by atoms with van der Waals surface area (Å²) in [7, 11) is -3.95. The Kier molecular flexibility index (Phi) is 6.28. The van der Waals surface area contributed by atoms with Gasteiger partial charge in [0.1, 0.15) is 25.2 Å². The van der Waals surface area contributed by atoms with Crippen molar-refractivity contribution in [3.8, 4) is 5.75 Å². The molecule has 0 amide bonds. The van der Waals surface area contributed by atoms with E-state index in [-0.39, 0.29) is 29.6 Å². The molecule has 6 nitrogen and oxygen atoms in total. The highest BCUT2D eigenvalue weighted by Crippen LogP contribution is 2.16. The zero-order valence-electron chi connectivity index (χ0n) is 15.3. The fourth-order valence-electron chi connectivity index (χ4n) is 2.45. The molecule has 0 bridgehead atoms. The van der Waals surface area contributed by atoms with Crippen molar-refractivity contribution in [1.29, 1.82) is 0 Å². The van der Waals surface area contributed by atoms with Gasteiger partial charge in [-0.25, -0.2) is 0 Å². The molecular weight excluding hydrogens is 380 g/mol. The fourth-order valence-corrected chi connectivity index (χ4v) is 3.33. The van der Waals surface area contributed by atoms with E-state index >= 15 is 0 Å². The number of ether oxygens (including phenoxy) is 1. The first-order valence-electron chi connectivity index (χ1n) is 8.75. The molecule has 0 unspecified atom stereocenters. The number of hydrogen-bond donors (Lipinski definition) is 0. The summed E-state index contributed by atoms with van der Waals surface area (Å²) in [5.41, 5.74) is 1.52. The molecule has 7 heteroatoms. The van der Waals surface area contributed by atoms with Gasteiger partial charge in [0, 0.05) is 6.07 Å². The highest BCUT2D eigenvalue weighted by Gasteiger charge is 2.16. The first-order valence-corrected chi connectivity index (χ1v) is 10.2. The average Bonchev–Trinajstić information content (AvgIpc) is 2.72. The van der Waals surface area contributed by atoms with Gasteiger partial charge in [0.25, 0.3) is 10.1 Å². The predicted molar refractivity (Wildman–Crippen MR) is 104 cm³/mol. The Morgan fingerprint density at radius 3 is 2.29 bits per heavy atom. The van der Waals surface area contributed by atoms with E-state index in [0.717, 1.165) is 29.9 Å². The van der Waals surface area contributed by atoms with Crippen LogP contribution < -0.4 is 10.2 Å². The van der Waals surface area contributed by atoms with E-state index in [1.54, 1.807) is 12.1 Å². The Balaban J connectivity index is 1.63. The SMILES string of the molecule is CCc1ccc(S(=O)(=O)OCc2cc(=O)c(OCc3ccccc3)co2)cc1. The molecule has 3 aromatic rings. The maximum absolute atomic E-state index is 12.2. The first-order chi connectivity index (χ1) is 13.5. The van der Waals surface area contributed by atoms with E-state index in [1.807, 2.05) is 37.3 Å². The number of benzene rings is 2. The Labute approximate surface area is 163 Å². The van der Waals surface area contributed by atoms with Crippen molar-refractivity contribution < 1.29 is 21.8 Å². The third-order valence-electron chi connectivity index (χ3n) is 4.07.